The molecule has 0 aliphatic heterocycles. The van der Waals surface area contributed by atoms with Gasteiger partial charge in [-0.3, -0.25) is 0 Å². The van der Waals surface area contributed by atoms with Gasteiger partial charge in [-0.05, 0) is 12.2 Å². The van der Waals surface area contributed by atoms with Crippen LogP contribution in [0.3, 0.4) is 0 Å². The Bertz CT molecular complexity index is 707. The highest BCUT2D eigenvalue weighted by atomic mass is 16.4. The van der Waals surface area contributed by atoms with E-state index in [9.17, 15) is 19.8 Å². The zero-order valence-corrected chi connectivity index (χ0v) is 18.9. The van der Waals surface area contributed by atoms with Gasteiger partial charge in [-0.15, -0.1) is 0 Å². The number of rotatable bonds is 6. The van der Waals surface area contributed by atoms with Gasteiger partial charge >= 0.3 is 0 Å². The molecule has 0 atom stereocenters. The van der Waals surface area contributed by atoms with Crippen molar-refractivity contribution in [1.29, 1.82) is 0 Å². The van der Waals surface area contributed by atoms with Crippen LogP contribution in [-0.4, -0.2) is 63.2 Å². The highest BCUT2D eigenvalue weighted by Gasteiger charge is 2.07. The van der Waals surface area contributed by atoms with Gasteiger partial charge < -0.3 is 28.8 Å². The van der Waals surface area contributed by atoms with E-state index in [1.54, 1.807) is 0 Å². The summed E-state index contributed by atoms with van der Waals surface area (Å²) in [4.78, 5) is 18.8. The molecule has 2 aromatic carbocycles. The highest BCUT2D eigenvalue weighted by molar-refractivity contribution is 5.87. The zero-order valence-electron chi connectivity index (χ0n) is 18.9. The lowest BCUT2D eigenvalue weighted by molar-refractivity contribution is -0.884. The molecule has 0 aliphatic carbocycles. The number of nitrogens with zero attached hydrogens (tertiary/aromatic N) is 2. The molecule has 0 saturated carbocycles. The number of benzene rings is 2. The largest absolute Gasteiger partial charge is 0.545 e. The normalized spacial score (nSPS) is 11.0. The van der Waals surface area contributed by atoms with Crippen LogP contribution in [0.25, 0.3) is 0 Å². The van der Waals surface area contributed by atoms with Gasteiger partial charge in [-0.2, -0.15) is 0 Å². The van der Waals surface area contributed by atoms with Gasteiger partial charge in [0.2, 0.25) is 0 Å². The van der Waals surface area contributed by atoms with Gasteiger partial charge in [0, 0.05) is 11.1 Å². The van der Waals surface area contributed by atoms with Crippen molar-refractivity contribution in [3.05, 3.63) is 83.9 Å². The number of carboxylic acid groups (broad SMARTS) is 2. The third-order valence-corrected chi connectivity index (χ3v) is 3.35. The molecule has 0 fully saturated rings. The fraction of sp³-hybridized carbons (Fsp3) is 0.333. The minimum atomic E-state index is -1.55. The number of hydrogen-bond donors (Lipinski definition) is 0. The van der Waals surface area contributed by atoms with Crippen LogP contribution in [0.5, 0.6) is 0 Å². The Morgan fingerprint density at radius 1 is 0.633 bits per heavy atom. The van der Waals surface area contributed by atoms with Gasteiger partial charge in [0.1, 0.15) is 13.1 Å². The molecule has 0 N–H and O–H groups in total. The minimum absolute atomic E-state index is 0.384. The molecule has 6 heteroatoms. The number of quaternary nitrogens is 2. The van der Waals surface area contributed by atoms with Gasteiger partial charge in [0.25, 0.3) is 0 Å². The van der Waals surface area contributed by atoms with Crippen LogP contribution in [0.2, 0.25) is 0 Å². The summed E-state index contributed by atoms with van der Waals surface area (Å²) in [7, 11) is 13.2. The molecule has 0 amide bonds. The van der Waals surface area contributed by atoms with Gasteiger partial charge in [0.05, 0.1) is 54.2 Å². The Balaban J connectivity index is 0.000000428. The lowest BCUT2D eigenvalue weighted by Crippen LogP contribution is -2.33. The quantitative estimate of drug-likeness (QED) is 0.518. The maximum Gasteiger partial charge on any atom is 0.104 e. The summed E-state index contributed by atoms with van der Waals surface area (Å²) in [5.74, 6) is -3.09. The molecule has 0 saturated heterocycles. The van der Waals surface area contributed by atoms with Crippen LogP contribution in [0.15, 0.2) is 72.8 Å². The average molecular weight is 415 g/mol. The highest BCUT2D eigenvalue weighted by Crippen LogP contribution is 2.05. The minimum Gasteiger partial charge on any atom is -0.545 e. The molecule has 0 spiro atoms. The Hall–Kier alpha value is -2.96. The fourth-order valence-electron chi connectivity index (χ4n) is 2.40. The van der Waals surface area contributed by atoms with E-state index in [4.69, 9.17) is 0 Å². The molecule has 0 radical (unpaired) electrons. The molecule has 2 rings (SSSR count). The van der Waals surface area contributed by atoms with Crippen LogP contribution < -0.4 is 10.2 Å². The van der Waals surface area contributed by atoms with E-state index in [-0.39, 0.29) is 0 Å². The number of carbonyl (C=O) groups is 2. The Morgan fingerprint density at radius 3 is 1.10 bits per heavy atom. The first-order valence-corrected chi connectivity index (χ1v) is 9.57. The van der Waals surface area contributed by atoms with Crippen molar-refractivity contribution in [1.82, 2.24) is 0 Å². The van der Waals surface area contributed by atoms with Crippen molar-refractivity contribution in [3.8, 4) is 0 Å². The summed E-state index contributed by atoms with van der Waals surface area (Å²) in [6.45, 7) is 2.20. The molecule has 0 unspecified atom stereocenters. The molecular weight excluding hydrogens is 380 g/mol. The molecule has 0 aliphatic rings. The molecular formula is C24H34N2O4. The Labute approximate surface area is 180 Å². The van der Waals surface area contributed by atoms with E-state index in [0.29, 0.717) is 12.2 Å². The molecule has 30 heavy (non-hydrogen) atoms. The predicted octanol–water partition coefficient (Wildman–Crippen LogP) is 0.828. The second-order valence-corrected chi connectivity index (χ2v) is 8.84. The number of hydrogen-bond acceptors (Lipinski definition) is 4. The van der Waals surface area contributed by atoms with Crippen molar-refractivity contribution in [2.45, 2.75) is 13.1 Å². The number of carbonyl (C=O) groups excluding carboxylic acids is 2. The molecule has 0 bridgehead atoms. The predicted molar refractivity (Wildman–Crippen MR) is 116 cm³/mol. The SMILES string of the molecule is C[N+](C)(C)Cc1ccccc1.C[N+](C)(C)Cc1ccccc1.O=C([O-])/C=C\C(=O)[O-]. The second-order valence-electron chi connectivity index (χ2n) is 8.84. The van der Waals surface area contributed by atoms with E-state index in [0.717, 1.165) is 22.1 Å². The number of aliphatic carboxylic acids is 2. The number of carboxylic acids is 2. The van der Waals surface area contributed by atoms with Crippen LogP contribution >= 0.6 is 0 Å². The van der Waals surface area contributed by atoms with Crippen LogP contribution in [0.1, 0.15) is 11.1 Å². The maximum atomic E-state index is 9.41. The third kappa shape index (κ3) is 18.4. The summed E-state index contributed by atoms with van der Waals surface area (Å²) < 4.78 is 1.98. The summed E-state index contributed by atoms with van der Waals surface area (Å²) in [5, 5.41) is 18.8. The molecule has 0 heterocycles. The first kappa shape index (κ1) is 27.0. The van der Waals surface area contributed by atoms with Crippen LogP contribution in [0.4, 0.5) is 0 Å². The van der Waals surface area contributed by atoms with Crippen molar-refractivity contribution in [2.75, 3.05) is 42.3 Å². The van der Waals surface area contributed by atoms with Gasteiger partial charge in [0.15, 0.2) is 0 Å². The molecule has 2 aromatic rings. The third-order valence-electron chi connectivity index (χ3n) is 3.35. The van der Waals surface area contributed by atoms with E-state index in [1.807, 2.05) is 0 Å². The van der Waals surface area contributed by atoms with E-state index < -0.39 is 11.9 Å². The van der Waals surface area contributed by atoms with Crippen molar-refractivity contribution in [3.63, 3.8) is 0 Å². The van der Waals surface area contributed by atoms with Gasteiger partial charge in [-0.25, -0.2) is 0 Å². The van der Waals surface area contributed by atoms with E-state index in [2.05, 4.69) is 103 Å². The van der Waals surface area contributed by atoms with Crippen LogP contribution in [-0.2, 0) is 22.7 Å². The lowest BCUT2D eigenvalue weighted by Gasteiger charge is -2.23. The second kappa shape index (κ2) is 13.3. The van der Waals surface area contributed by atoms with E-state index in [1.165, 1.54) is 11.1 Å². The Morgan fingerprint density at radius 2 is 0.900 bits per heavy atom. The average Bonchev–Trinajstić information content (AvgIpc) is 2.60. The maximum absolute atomic E-state index is 9.41. The topological polar surface area (TPSA) is 80.3 Å². The van der Waals surface area contributed by atoms with Crippen molar-refractivity contribution in [2.24, 2.45) is 0 Å². The Kier molecular flexibility index (Phi) is 12.0. The summed E-state index contributed by atoms with van der Waals surface area (Å²) in [6.07, 6.45) is 0.769. The molecule has 6 nitrogen and oxygen atoms in total. The molecule has 164 valence electrons. The summed E-state index contributed by atoms with van der Waals surface area (Å²) in [5.41, 5.74) is 2.81. The van der Waals surface area contributed by atoms with Crippen LogP contribution in [0, 0.1) is 0 Å². The van der Waals surface area contributed by atoms with Crippen molar-refractivity contribution >= 4 is 11.9 Å². The van der Waals surface area contributed by atoms with E-state index >= 15 is 0 Å². The summed E-state index contributed by atoms with van der Waals surface area (Å²) >= 11 is 0. The lowest BCUT2D eigenvalue weighted by atomic mass is 10.2. The van der Waals surface area contributed by atoms with Crippen molar-refractivity contribution < 1.29 is 28.8 Å². The smallest absolute Gasteiger partial charge is 0.104 e. The molecule has 0 aromatic heterocycles. The fourth-order valence-corrected chi connectivity index (χ4v) is 2.40. The monoisotopic (exact) mass is 414 g/mol. The standard InChI is InChI=1S/2C10H16N.C4H4O4/c2*1-11(2,3)9-10-7-5-4-6-8-10;5-3(6)1-2-4(7)8/h2*4-8H,9H2,1-3H3;1-2H,(H,5,6)(H,7,8)/q2*+1;/p-2/b;;2-1-. The first-order chi connectivity index (χ1) is 13.8. The van der Waals surface area contributed by atoms with Gasteiger partial charge in [-0.1, -0.05) is 60.7 Å². The first-order valence-electron chi connectivity index (χ1n) is 9.57. The summed E-state index contributed by atoms with van der Waals surface area (Å²) in [6, 6.07) is 21.1. The zero-order chi connectivity index (χ0) is 23.2.